The number of thioether (sulfide) groups is 1. The highest BCUT2D eigenvalue weighted by Crippen LogP contribution is 2.37. The number of amidine groups is 1. The number of rotatable bonds is 3. The van der Waals surface area contributed by atoms with Crippen LogP contribution in [0.25, 0.3) is 6.08 Å². The molecule has 0 aromatic heterocycles. The van der Waals surface area contributed by atoms with E-state index < -0.39 is 5.82 Å². The van der Waals surface area contributed by atoms with Crippen LogP contribution in [0.3, 0.4) is 0 Å². The maximum absolute atomic E-state index is 13.8. The highest BCUT2D eigenvalue weighted by molar-refractivity contribution is 8.18. The van der Waals surface area contributed by atoms with Gasteiger partial charge in [0.25, 0.3) is 5.91 Å². The van der Waals surface area contributed by atoms with Crippen molar-refractivity contribution in [3.8, 4) is 11.5 Å². The molecule has 0 spiro atoms. The summed E-state index contributed by atoms with van der Waals surface area (Å²) in [6, 6.07) is 11.1. The van der Waals surface area contributed by atoms with Gasteiger partial charge in [0.1, 0.15) is 11.5 Å². The van der Waals surface area contributed by atoms with Gasteiger partial charge >= 0.3 is 0 Å². The monoisotopic (exact) mass is 358 g/mol. The van der Waals surface area contributed by atoms with Crippen molar-refractivity contribution in [1.82, 2.24) is 4.90 Å². The van der Waals surface area contributed by atoms with Gasteiger partial charge < -0.3 is 9.84 Å². The van der Waals surface area contributed by atoms with Gasteiger partial charge in [0.15, 0.2) is 16.7 Å². The normalized spacial score (nSPS) is 17.6. The zero-order valence-electron chi connectivity index (χ0n) is 13.6. The van der Waals surface area contributed by atoms with E-state index in [2.05, 4.69) is 4.99 Å². The zero-order chi connectivity index (χ0) is 18.0. The summed E-state index contributed by atoms with van der Waals surface area (Å²) >= 11 is 1.12. The summed E-state index contributed by atoms with van der Waals surface area (Å²) in [5, 5.41) is 10.5. The van der Waals surface area contributed by atoms with Gasteiger partial charge in [-0.1, -0.05) is 24.3 Å². The molecule has 0 saturated carbocycles. The Bertz CT molecular complexity index is 896. The predicted molar refractivity (Wildman–Crippen MR) is 96.5 cm³/mol. The van der Waals surface area contributed by atoms with E-state index in [1.54, 1.807) is 43.5 Å². The van der Waals surface area contributed by atoms with Crippen molar-refractivity contribution in [3.63, 3.8) is 0 Å². The van der Waals surface area contributed by atoms with Crippen LogP contribution >= 0.6 is 11.8 Å². The van der Waals surface area contributed by atoms with E-state index in [1.807, 2.05) is 0 Å². The minimum Gasteiger partial charge on any atom is -0.504 e. The number of benzene rings is 2. The number of likely N-dealkylation sites (N-methyl/N-ethyl adjacent to an activating group) is 1. The molecule has 128 valence electrons. The lowest BCUT2D eigenvalue weighted by Gasteiger charge is -2.07. The Morgan fingerprint density at radius 1 is 1.24 bits per heavy atom. The third-order valence-electron chi connectivity index (χ3n) is 3.61. The van der Waals surface area contributed by atoms with Crippen molar-refractivity contribution < 1.29 is 19.0 Å². The third kappa shape index (κ3) is 3.36. The fourth-order valence-corrected chi connectivity index (χ4v) is 3.23. The standard InChI is InChI=1S/C18H15FN2O3S/c1-21-17(23)15(10-11-6-5-9-14(24-2)16(11)22)25-18(21)20-13-8-4-3-7-12(13)19/h3-10,22H,1-2H3/b15-10+,20-18?. The first-order valence-corrected chi connectivity index (χ1v) is 8.19. The molecule has 1 fully saturated rings. The highest BCUT2D eigenvalue weighted by atomic mass is 32.2. The van der Waals surface area contributed by atoms with Crippen molar-refractivity contribution in [2.24, 2.45) is 4.99 Å². The second kappa shape index (κ2) is 6.98. The SMILES string of the molecule is COc1cccc(/C=C2/SC(=Nc3ccccc3F)N(C)C2=O)c1O. The number of hydrogen-bond donors (Lipinski definition) is 1. The molecule has 7 heteroatoms. The van der Waals surface area contributed by atoms with Crippen LogP contribution in [0.5, 0.6) is 11.5 Å². The fraction of sp³-hybridized carbons (Fsp3) is 0.111. The number of aliphatic imine (C=N–C) groups is 1. The molecule has 2 aromatic rings. The highest BCUT2D eigenvalue weighted by Gasteiger charge is 2.31. The zero-order valence-corrected chi connectivity index (χ0v) is 14.4. The molecule has 1 aliphatic heterocycles. The average Bonchev–Trinajstić information content (AvgIpc) is 2.87. The molecular formula is C18H15FN2O3S. The van der Waals surface area contributed by atoms with Crippen LogP contribution in [0.4, 0.5) is 10.1 Å². The summed E-state index contributed by atoms with van der Waals surface area (Å²) in [7, 11) is 3.02. The third-order valence-corrected chi connectivity index (χ3v) is 4.67. The number of aromatic hydroxyl groups is 1. The van der Waals surface area contributed by atoms with Crippen molar-refractivity contribution in [2.45, 2.75) is 0 Å². The first-order chi connectivity index (χ1) is 12.0. The Hall–Kier alpha value is -2.80. The van der Waals surface area contributed by atoms with Crippen LogP contribution in [0.2, 0.25) is 0 Å². The molecule has 1 amide bonds. The second-order valence-electron chi connectivity index (χ2n) is 5.22. The first kappa shape index (κ1) is 17.0. The minimum atomic E-state index is -0.459. The maximum atomic E-state index is 13.8. The summed E-state index contributed by atoms with van der Waals surface area (Å²) in [5.41, 5.74) is 0.617. The van der Waals surface area contributed by atoms with E-state index in [1.165, 1.54) is 24.1 Å². The molecule has 0 aliphatic carbocycles. The Labute approximate surface area is 148 Å². The van der Waals surface area contributed by atoms with E-state index in [4.69, 9.17) is 4.74 Å². The van der Waals surface area contributed by atoms with Crippen molar-refractivity contribution >= 4 is 34.6 Å². The van der Waals surface area contributed by atoms with E-state index >= 15 is 0 Å². The fourth-order valence-electron chi connectivity index (χ4n) is 2.26. The molecule has 5 nitrogen and oxygen atoms in total. The van der Waals surface area contributed by atoms with Gasteiger partial charge in [-0.2, -0.15) is 0 Å². The number of methoxy groups -OCH3 is 1. The van der Waals surface area contributed by atoms with Gasteiger partial charge in [0, 0.05) is 12.6 Å². The smallest absolute Gasteiger partial charge is 0.266 e. The Morgan fingerprint density at radius 3 is 2.72 bits per heavy atom. The van der Waals surface area contributed by atoms with E-state index in [9.17, 15) is 14.3 Å². The molecular weight excluding hydrogens is 343 g/mol. The van der Waals surface area contributed by atoms with Crippen LogP contribution in [-0.4, -0.2) is 35.2 Å². The van der Waals surface area contributed by atoms with Gasteiger partial charge in [0.05, 0.1) is 12.0 Å². The molecule has 0 unspecified atom stereocenters. The maximum Gasteiger partial charge on any atom is 0.266 e. The van der Waals surface area contributed by atoms with Crippen molar-refractivity contribution in [3.05, 3.63) is 58.8 Å². The molecule has 1 aliphatic rings. The number of carbonyl (C=O) groups is 1. The molecule has 0 radical (unpaired) electrons. The Kier molecular flexibility index (Phi) is 4.76. The number of phenolic OH excluding ortho intramolecular Hbond substituents is 1. The number of halogens is 1. The van der Waals surface area contributed by atoms with Crippen LogP contribution in [0.1, 0.15) is 5.56 Å². The molecule has 0 bridgehead atoms. The second-order valence-corrected chi connectivity index (χ2v) is 6.23. The van der Waals surface area contributed by atoms with Crippen LogP contribution in [-0.2, 0) is 4.79 Å². The Balaban J connectivity index is 1.96. The van der Waals surface area contributed by atoms with Crippen LogP contribution in [0, 0.1) is 5.82 Å². The first-order valence-electron chi connectivity index (χ1n) is 7.38. The van der Waals surface area contributed by atoms with Crippen molar-refractivity contribution in [2.75, 3.05) is 14.2 Å². The summed E-state index contributed by atoms with van der Waals surface area (Å²) < 4.78 is 18.8. The minimum absolute atomic E-state index is 0.0481. The van der Waals surface area contributed by atoms with E-state index in [-0.39, 0.29) is 17.3 Å². The van der Waals surface area contributed by atoms with E-state index in [0.29, 0.717) is 21.4 Å². The number of carbonyl (C=O) groups excluding carboxylic acids is 1. The summed E-state index contributed by atoms with van der Waals surface area (Å²) in [6.07, 6.45) is 1.56. The van der Waals surface area contributed by atoms with Gasteiger partial charge in [-0.15, -0.1) is 0 Å². The lowest BCUT2D eigenvalue weighted by atomic mass is 10.1. The molecule has 3 rings (SSSR count). The molecule has 2 aromatic carbocycles. The molecule has 0 atom stereocenters. The van der Waals surface area contributed by atoms with E-state index in [0.717, 1.165) is 11.8 Å². The molecule has 1 N–H and O–H groups in total. The largest absolute Gasteiger partial charge is 0.504 e. The number of amides is 1. The quantitative estimate of drug-likeness (QED) is 0.849. The molecule has 1 heterocycles. The average molecular weight is 358 g/mol. The number of ether oxygens (including phenoxy) is 1. The number of para-hydroxylation sites is 2. The predicted octanol–water partition coefficient (Wildman–Crippen LogP) is 3.77. The van der Waals surface area contributed by atoms with Gasteiger partial charge in [-0.3, -0.25) is 9.69 Å². The van der Waals surface area contributed by atoms with Gasteiger partial charge in [-0.05, 0) is 36.0 Å². The number of nitrogens with zero attached hydrogens (tertiary/aromatic N) is 2. The lowest BCUT2D eigenvalue weighted by Crippen LogP contribution is -2.23. The summed E-state index contributed by atoms with van der Waals surface area (Å²) in [4.78, 5) is 18.4. The summed E-state index contributed by atoms with van der Waals surface area (Å²) in [6.45, 7) is 0. The van der Waals surface area contributed by atoms with Gasteiger partial charge in [0.2, 0.25) is 0 Å². The van der Waals surface area contributed by atoms with Crippen LogP contribution < -0.4 is 4.74 Å². The Morgan fingerprint density at radius 2 is 2.00 bits per heavy atom. The topological polar surface area (TPSA) is 62.1 Å². The van der Waals surface area contributed by atoms with Crippen LogP contribution in [0.15, 0.2) is 52.4 Å². The lowest BCUT2D eigenvalue weighted by molar-refractivity contribution is -0.121. The number of phenols is 1. The van der Waals surface area contributed by atoms with Crippen molar-refractivity contribution in [1.29, 1.82) is 0 Å². The molecule has 25 heavy (non-hydrogen) atoms. The molecule has 1 saturated heterocycles. The summed E-state index contributed by atoms with van der Waals surface area (Å²) in [5.74, 6) is -0.465. The number of hydrogen-bond acceptors (Lipinski definition) is 5. The van der Waals surface area contributed by atoms with Gasteiger partial charge in [-0.25, -0.2) is 9.38 Å².